The first kappa shape index (κ1) is 14.9. The molecule has 20 heavy (non-hydrogen) atoms. The van der Waals surface area contributed by atoms with Crippen LogP contribution in [0.1, 0.15) is 9.67 Å². The molecule has 0 saturated heterocycles. The Morgan fingerprint density at radius 2 is 2.25 bits per heavy atom. The Morgan fingerprint density at radius 1 is 1.55 bits per heavy atom. The number of esters is 1. The summed E-state index contributed by atoms with van der Waals surface area (Å²) < 4.78 is 5.08. The smallest absolute Gasteiger partial charge is 0.349 e. The van der Waals surface area contributed by atoms with Crippen molar-refractivity contribution in [1.82, 2.24) is 4.98 Å². The van der Waals surface area contributed by atoms with Gasteiger partial charge in [0.15, 0.2) is 5.69 Å². The zero-order chi connectivity index (χ0) is 14.9. The van der Waals surface area contributed by atoms with E-state index < -0.39 is 10.9 Å². The van der Waals surface area contributed by atoms with Crippen LogP contribution >= 0.6 is 38.9 Å². The molecule has 0 aliphatic rings. The number of aromatic nitrogens is 1. The Kier molecular flexibility index (Phi) is 4.36. The maximum absolute atomic E-state index is 11.5. The van der Waals surface area contributed by atoms with E-state index in [1.165, 1.54) is 25.4 Å². The predicted octanol–water partition coefficient (Wildman–Crippen LogP) is 3.92. The van der Waals surface area contributed by atoms with Crippen LogP contribution in [0.3, 0.4) is 0 Å². The molecule has 0 radical (unpaired) electrons. The van der Waals surface area contributed by atoms with E-state index >= 15 is 0 Å². The molecule has 0 unspecified atom stereocenters. The average Bonchev–Trinajstić information content (AvgIpc) is 2.79. The van der Waals surface area contributed by atoms with Crippen molar-refractivity contribution >= 4 is 50.5 Å². The highest BCUT2D eigenvalue weighted by Crippen LogP contribution is 2.38. The molecule has 0 atom stereocenters. The molecule has 2 rings (SSSR count). The fourth-order valence-electron chi connectivity index (χ4n) is 1.47. The number of thiophene rings is 1. The summed E-state index contributed by atoms with van der Waals surface area (Å²) in [6.45, 7) is 0. The third-order valence-electron chi connectivity index (χ3n) is 2.32. The monoisotopic (exact) mass is 376 g/mol. The Hall–Kier alpha value is -1.51. The second-order valence-corrected chi connectivity index (χ2v) is 5.93. The van der Waals surface area contributed by atoms with Gasteiger partial charge in [0.25, 0.3) is 5.69 Å². The normalized spacial score (nSPS) is 10.3. The number of rotatable bonds is 3. The predicted molar refractivity (Wildman–Crippen MR) is 78.3 cm³/mol. The van der Waals surface area contributed by atoms with Gasteiger partial charge in [0.2, 0.25) is 0 Å². The molecular formula is C11H6BrClN2O4S. The van der Waals surface area contributed by atoms with E-state index in [1.54, 1.807) is 0 Å². The van der Waals surface area contributed by atoms with Crippen LogP contribution in [-0.4, -0.2) is 23.0 Å². The van der Waals surface area contributed by atoms with Crippen LogP contribution in [0, 0.1) is 10.1 Å². The van der Waals surface area contributed by atoms with E-state index in [1.807, 2.05) is 0 Å². The van der Waals surface area contributed by atoms with Gasteiger partial charge < -0.3 is 4.74 Å². The van der Waals surface area contributed by atoms with E-state index in [2.05, 4.69) is 25.7 Å². The second kappa shape index (κ2) is 5.86. The van der Waals surface area contributed by atoms with Gasteiger partial charge in [-0.25, -0.2) is 9.78 Å². The Bertz CT molecular complexity index is 704. The minimum Gasteiger partial charge on any atom is -0.465 e. The maximum atomic E-state index is 11.5. The van der Waals surface area contributed by atoms with Crippen molar-refractivity contribution in [3.8, 4) is 10.6 Å². The largest absolute Gasteiger partial charge is 0.465 e. The molecule has 9 heteroatoms. The topological polar surface area (TPSA) is 82.3 Å². The van der Waals surface area contributed by atoms with E-state index in [0.29, 0.717) is 9.35 Å². The number of halogens is 2. The highest BCUT2D eigenvalue weighted by atomic mass is 79.9. The number of methoxy groups -OCH3 is 1. The van der Waals surface area contributed by atoms with Crippen LogP contribution < -0.4 is 0 Å². The summed E-state index contributed by atoms with van der Waals surface area (Å²) in [5, 5.41) is 11.2. The zero-order valence-corrected chi connectivity index (χ0v) is 13.1. The standard InChI is InChI=1S/C11H6BrClN2O4S/c1-19-11(16)10-6(13)3-8(20-10)9-7(15(17)18)2-5(12)4-14-9/h2-4H,1H3. The first-order valence-corrected chi connectivity index (χ1v) is 7.10. The lowest BCUT2D eigenvalue weighted by atomic mass is 10.2. The molecule has 2 aromatic rings. The van der Waals surface area contributed by atoms with Crippen molar-refractivity contribution in [1.29, 1.82) is 0 Å². The van der Waals surface area contributed by atoms with Crippen LogP contribution in [0.2, 0.25) is 5.02 Å². The third-order valence-corrected chi connectivity index (χ3v) is 4.29. The van der Waals surface area contributed by atoms with Gasteiger partial charge in [-0.2, -0.15) is 0 Å². The van der Waals surface area contributed by atoms with Gasteiger partial charge >= 0.3 is 5.97 Å². The molecule has 0 saturated carbocycles. The number of ether oxygens (including phenoxy) is 1. The molecule has 0 N–H and O–H groups in total. The quantitative estimate of drug-likeness (QED) is 0.460. The lowest BCUT2D eigenvalue weighted by molar-refractivity contribution is -0.384. The summed E-state index contributed by atoms with van der Waals surface area (Å²) in [5.74, 6) is -0.592. The van der Waals surface area contributed by atoms with Crippen molar-refractivity contribution in [2.75, 3.05) is 7.11 Å². The first-order valence-electron chi connectivity index (χ1n) is 5.12. The number of carbonyl (C=O) groups excluding carboxylic acids is 1. The van der Waals surface area contributed by atoms with Crippen molar-refractivity contribution < 1.29 is 14.5 Å². The average molecular weight is 378 g/mol. The highest BCUT2D eigenvalue weighted by Gasteiger charge is 2.23. The van der Waals surface area contributed by atoms with Crippen molar-refractivity contribution in [2.45, 2.75) is 0 Å². The van der Waals surface area contributed by atoms with Gasteiger partial charge in [0, 0.05) is 16.7 Å². The Morgan fingerprint density at radius 3 is 2.85 bits per heavy atom. The van der Waals surface area contributed by atoms with E-state index in [0.717, 1.165) is 11.3 Å². The molecule has 0 aliphatic heterocycles. The zero-order valence-electron chi connectivity index (χ0n) is 9.92. The second-order valence-electron chi connectivity index (χ2n) is 3.56. The first-order chi connectivity index (χ1) is 9.43. The maximum Gasteiger partial charge on any atom is 0.349 e. The van der Waals surface area contributed by atoms with Gasteiger partial charge in [0.05, 0.1) is 21.9 Å². The minimum absolute atomic E-state index is 0.153. The fraction of sp³-hybridized carbons (Fsp3) is 0.0909. The van der Waals surface area contributed by atoms with Crippen LogP contribution in [0.5, 0.6) is 0 Å². The van der Waals surface area contributed by atoms with E-state index in [-0.39, 0.29) is 21.3 Å². The van der Waals surface area contributed by atoms with Crippen molar-refractivity contribution in [3.05, 3.63) is 42.8 Å². The number of nitro groups is 1. The lowest BCUT2D eigenvalue weighted by Gasteiger charge is -1.99. The van der Waals surface area contributed by atoms with Crippen molar-refractivity contribution in [3.63, 3.8) is 0 Å². The summed E-state index contributed by atoms with van der Waals surface area (Å²) in [5.41, 5.74) is -0.0195. The summed E-state index contributed by atoms with van der Waals surface area (Å²) in [6.07, 6.45) is 1.44. The van der Waals surface area contributed by atoms with E-state index in [9.17, 15) is 14.9 Å². The lowest BCUT2D eigenvalue weighted by Crippen LogP contribution is -1.97. The SMILES string of the molecule is COC(=O)c1sc(-c2ncc(Br)cc2[N+](=O)[O-])cc1Cl. The number of pyridine rings is 1. The van der Waals surface area contributed by atoms with Gasteiger partial charge in [0.1, 0.15) is 4.88 Å². The fourth-order valence-corrected chi connectivity index (χ4v) is 3.13. The number of nitrogens with zero attached hydrogens (tertiary/aromatic N) is 2. The summed E-state index contributed by atoms with van der Waals surface area (Å²) in [4.78, 5) is 26.6. The number of hydrogen-bond acceptors (Lipinski definition) is 6. The highest BCUT2D eigenvalue weighted by molar-refractivity contribution is 9.10. The molecule has 2 aromatic heterocycles. The van der Waals surface area contributed by atoms with Crippen LogP contribution in [0.4, 0.5) is 5.69 Å². The minimum atomic E-state index is -0.592. The number of hydrogen-bond donors (Lipinski definition) is 0. The van der Waals surface area contributed by atoms with Crippen LogP contribution in [-0.2, 0) is 4.74 Å². The van der Waals surface area contributed by atoms with Gasteiger partial charge in [-0.05, 0) is 22.0 Å². The number of carbonyl (C=O) groups is 1. The van der Waals surface area contributed by atoms with Crippen molar-refractivity contribution in [2.24, 2.45) is 0 Å². The Labute approximate surface area is 130 Å². The molecule has 0 bridgehead atoms. The molecule has 0 aromatic carbocycles. The molecule has 2 heterocycles. The molecule has 0 amide bonds. The molecule has 104 valence electrons. The van der Waals surface area contributed by atoms with Gasteiger partial charge in [-0.1, -0.05) is 11.6 Å². The van der Waals surface area contributed by atoms with Crippen LogP contribution in [0.15, 0.2) is 22.8 Å². The molecule has 0 fully saturated rings. The van der Waals surface area contributed by atoms with Crippen LogP contribution in [0.25, 0.3) is 10.6 Å². The molecule has 0 aliphatic carbocycles. The van der Waals surface area contributed by atoms with Gasteiger partial charge in [-0.3, -0.25) is 10.1 Å². The molecular weight excluding hydrogens is 372 g/mol. The van der Waals surface area contributed by atoms with E-state index in [4.69, 9.17) is 11.6 Å². The summed E-state index contributed by atoms with van der Waals surface area (Å²) in [6, 6.07) is 2.80. The molecule has 6 nitrogen and oxygen atoms in total. The van der Waals surface area contributed by atoms with Gasteiger partial charge in [-0.15, -0.1) is 11.3 Å². The summed E-state index contributed by atoms with van der Waals surface area (Å²) >= 11 is 10.1. The third kappa shape index (κ3) is 2.82. The molecule has 0 spiro atoms. The summed E-state index contributed by atoms with van der Waals surface area (Å²) in [7, 11) is 1.23. The Balaban J connectivity index is 2.58.